The molecule has 0 saturated carbocycles. The van der Waals surface area contributed by atoms with E-state index in [1.807, 2.05) is 6.07 Å². The fourth-order valence-electron chi connectivity index (χ4n) is 1.98. The summed E-state index contributed by atoms with van der Waals surface area (Å²) in [7, 11) is 0. The minimum absolute atomic E-state index is 0.00699. The van der Waals surface area contributed by atoms with Gasteiger partial charge in [-0.1, -0.05) is 28.1 Å². The van der Waals surface area contributed by atoms with Gasteiger partial charge in [0.1, 0.15) is 11.6 Å². The normalized spacial score (nSPS) is 14.2. The highest BCUT2D eigenvalue weighted by Crippen LogP contribution is 2.28. The molecule has 19 heavy (non-hydrogen) atoms. The number of halogens is 3. The Balaban J connectivity index is 2.33. The number of benzene rings is 2. The smallest absolute Gasteiger partial charge is 0.126 e. The Morgan fingerprint density at radius 3 is 2.58 bits per heavy atom. The number of aliphatic hydroxyl groups is 1. The molecule has 0 saturated heterocycles. The van der Waals surface area contributed by atoms with Crippen LogP contribution in [-0.2, 0) is 12.0 Å². The Labute approximate surface area is 119 Å². The van der Waals surface area contributed by atoms with Crippen molar-refractivity contribution in [2.75, 3.05) is 0 Å². The lowest BCUT2D eigenvalue weighted by Crippen LogP contribution is -2.24. The maximum absolute atomic E-state index is 13.6. The maximum Gasteiger partial charge on any atom is 0.126 e. The molecule has 1 atom stereocenters. The van der Waals surface area contributed by atoms with E-state index in [0.717, 1.165) is 22.7 Å². The lowest BCUT2D eigenvalue weighted by molar-refractivity contribution is 0.0566. The monoisotopic (exact) mass is 326 g/mol. The van der Waals surface area contributed by atoms with E-state index < -0.39 is 17.2 Å². The van der Waals surface area contributed by atoms with Gasteiger partial charge in [-0.15, -0.1) is 0 Å². The fraction of sp³-hybridized carbons (Fsp3) is 0.200. The average Bonchev–Trinajstić information content (AvgIpc) is 2.33. The second kappa shape index (κ2) is 5.39. The first-order valence-electron chi connectivity index (χ1n) is 5.81. The van der Waals surface area contributed by atoms with Crippen LogP contribution >= 0.6 is 15.9 Å². The van der Waals surface area contributed by atoms with E-state index in [0.29, 0.717) is 5.56 Å². The highest BCUT2D eigenvalue weighted by atomic mass is 79.9. The molecule has 4 heteroatoms. The van der Waals surface area contributed by atoms with Gasteiger partial charge in [-0.3, -0.25) is 0 Å². The third-order valence-corrected chi connectivity index (χ3v) is 3.48. The predicted octanol–water partition coefficient (Wildman–Crippen LogP) is 4.18. The van der Waals surface area contributed by atoms with Gasteiger partial charge in [0.05, 0.1) is 5.60 Å². The van der Waals surface area contributed by atoms with E-state index in [2.05, 4.69) is 15.9 Å². The van der Waals surface area contributed by atoms with Gasteiger partial charge in [0.25, 0.3) is 0 Å². The minimum Gasteiger partial charge on any atom is -0.385 e. The average molecular weight is 327 g/mol. The van der Waals surface area contributed by atoms with Gasteiger partial charge >= 0.3 is 0 Å². The zero-order valence-electron chi connectivity index (χ0n) is 10.3. The highest BCUT2D eigenvalue weighted by molar-refractivity contribution is 9.10. The van der Waals surface area contributed by atoms with Crippen LogP contribution in [-0.4, -0.2) is 5.11 Å². The largest absolute Gasteiger partial charge is 0.385 e. The summed E-state index contributed by atoms with van der Waals surface area (Å²) in [4.78, 5) is 0. The molecular formula is C15H13BrF2O. The van der Waals surface area contributed by atoms with E-state index in [1.165, 1.54) is 0 Å². The van der Waals surface area contributed by atoms with Gasteiger partial charge in [-0.25, -0.2) is 8.78 Å². The fourth-order valence-corrected chi connectivity index (χ4v) is 2.37. The molecule has 2 rings (SSSR count). The van der Waals surface area contributed by atoms with Crippen molar-refractivity contribution < 1.29 is 13.9 Å². The molecule has 1 nitrogen and oxygen atoms in total. The second-order valence-corrected chi connectivity index (χ2v) is 5.61. The number of rotatable bonds is 3. The van der Waals surface area contributed by atoms with E-state index in [-0.39, 0.29) is 12.0 Å². The highest BCUT2D eigenvalue weighted by Gasteiger charge is 2.25. The summed E-state index contributed by atoms with van der Waals surface area (Å²) in [5.41, 5.74) is -0.464. The Kier molecular flexibility index (Phi) is 4.02. The molecule has 100 valence electrons. The lowest BCUT2D eigenvalue weighted by atomic mass is 9.89. The van der Waals surface area contributed by atoms with E-state index in [4.69, 9.17) is 0 Å². The summed E-state index contributed by atoms with van der Waals surface area (Å²) in [6.45, 7) is 1.58. The molecule has 0 bridgehead atoms. The van der Waals surface area contributed by atoms with Gasteiger partial charge in [0.15, 0.2) is 0 Å². The first-order valence-corrected chi connectivity index (χ1v) is 6.60. The topological polar surface area (TPSA) is 20.2 Å². The van der Waals surface area contributed by atoms with Crippen molar-refractivity contribution in [1.29, 1.82) is 0 Å². The van der Waals surface area contributed by atoms with Crippen molar-refractivity contribution in [3.05, 3.63) is 69.7 Å². The van der Waals surface area contributed by atoms with Crippen LogP contribution in [0.1, 0.15) is 18.1 Å². The van der Waals surface area contributed by atoms with Crippen molar-refractivity contribution in [3.8, 4) is 0 Å². The Hall–Kier alpha value is -1.26. The van der Waals surface area contributed by atoms with Gasteiger partial charge in [0, 0.05) is 10.9 Å². The summed E-state index contributed by atoms with van der Waals surface area (Å²) in [5.74, 6) is -1.03. The first kappa shape index (κ1) is 14.2. The molecule has 0 amide bonds. The quantitative estimate of drug-likeness (QED) is 0.897. The van der Waals surface area contributed by atoms with Crippen LogP contribution in [0.4, 0.5) is 8.78 Å². The van der Waals surface area contributed by atoms with Crippen LogP contribution in [0.3, 0.4) is 0 Å². The van der Waals surface area contributed by atoms with Crippen LogP contribution in [0.15, 0.2) is 46.9 Å². The summed E-state index contributed by atoms with van der Waals surface area (Å²) < 4.78 is 27.6. The molecule has 0 radical (unpaired) electrons. The molecule has 1 N–H and O–H groups in total. The Morgan fingerprint density at radius 2 is 1.89 bits per heavy atom. The van der Waals surface area contributed by atoms with E-state index in [9.17, 15) is 13.9 Å². The molecule has 0 aliphatic heterocycles. The standard InChI is InChI=1S/C15H13BrF2O/c1-15(19,11-3-2-4-12(16)8-11)9-10-7-13(17)5-6-14(10)18/h2-8,19H,9H2,1H3. The lowest BCUT2D eigenvalue weighted by Gasteiger charge is -2.24. The van der Waals surface area contributed by atoms with Crippen molar-refractivity contribution in [2.45, 2.75) is 18.9 Å². The summed E-state index contributed by atoms with van der Waals surface area (Å²) in [6, 6.07) is 10.4. The molecular weight excluding hydrogens is 314 g/mol. The van der Waals surface area contributed by atoms with Crippen LogP contribution in [0.25, 0.3) is 0 Å². The second-order valence-electron chi connectivity index (χ2n) is 4.70. The Bertz CT molecular complexity index is 596. The zero-order chi connectivity index (χ0) is 14.0. The summed E-state index contributed by atoms with van der Waals surface area (Å²) >= 11 is 3.32. The molecule has 0 aliphatic rings. The predicted molar refractivity (Wildman–Crippen MR) is 73.8 cm³/mol. The van der Waals surface area contributed by atoms with Crippen molar-refractivity contribution in [3.63, 3.8) is 0 Å². The van der Waals surface area contributed by atoms with Gasteiger partial charge in [-0.2, -0.15) is 0 Å². The number of hydrogen-bond acceptors (Lipinski definition) is 1. The van der Waals surface area contributed by atoms with Gasteiger partial charge < -0.3 is 5.11 Å². The van der Waals surface area contributed by atoms with Crippen LogP contribution < -0.4 is 0 Å². The van der Waals surface area contributed by atoms with Gasteiger partial charge in [-0.05, 0) is 48.4 Å². The molecule has 1 unspecified atom stereocenters. The summed E-state index contributed by atoms with van der Waals surface area (Å²) in [6.07, 6.45) is 0.00699. The van der Waals surface area contributed by atoms with Crippen LogP contribution in [0, 0.1) is 11.6 Å². The van der Waals surface area contributed by atoms with Crippen molar-refractivity contribution >= 4 is 15.9 Å². The zero-order valence-corrected chi connectivity index (χ0v) is 11.9. The summed E-state index contributed by atoms with van der Waals surface area (Å²) in [5, 5.41) is 10.5. The van der Waals surface area contributed by atoms with Crippen LogP contribution in [0.5, 0.6) is 0 Å². The van der Waals surface area contributed by atoms with E-state index >= 15 is 0 Å². The van der Waals surface area contributed by atoms with E-state index in [1.54, 1.807) is 25.1 Å². The van der Waals surface area contributed by atoms with Crippen molar-refractivity contribution in [1.82, 2.24) is 0 Å². The third-order valence-electron chi connectivity index (χ3n) is 2.99. The molecule has 0 heterocycles. The maximum atomic E-state index is 13.6. The molecule has 0 aromatic heterocycles. The Morgan fingerprint density at radius 1 is 1.16 bits per heavy atom. The SMILES string of the molecule is CC(O)(Cc1cc(F)ccc1F)c1cccc(Br)c1. The van der Waals surface area contributed by atoms with Gasteiger partial charge in [0.2, 0.25) is 0 Å². The molecule has 2 aromatic rings. The molecule has 0 fully saturated rings. The third kappa shape index (κ3) is 3.39. The van der Waals surface area contributed by atoms with Crippen molar-refractivity contribution in [2.24, 2.45) is 0 Å². The first-order chi connectivity index (χ1) is 8.88. The van der Waals surface area contributed by atoms with Crippen LogP contribution in [0.2, 0.25) is 0 Å². The molecule has 0 aliphatic carbocycles. The number of hydrogen-bond donors (Lipinski definition) is 1. The molecule has 2 aromatic carbocycles. The minimum atomic E-state index is -1.27. The molecule has 0 spiro atoms.